The predicted molar refractivity (Wildman–Crippen MR) is 69.2 cm³/mol. The van der Waals surface area contributed by atoms with Gasteiger partial charge >= 0.3 is 6.03 Å². The van der Waals surface area contributed by atoms with Gasteiger partial charge in [-0.25, -0.2) is 9.78 Å². The van der Waals surface area contributed by atoms with Crippen LogP contribution in [0.5, 0.6) is 0 Å². The van der Waals surface area contributed by atoms with Crippen molar-refractivity contribution in [1.29, 1.82) is 0 Å². The Kier molecular flexibility index (Phi) is 2.44. The molecule has 1 N–H and O–H groups in total. The Hall–Kier alpha value is -2.43. The van der Waals surface area contributed by atoms with Crippen molar-refractivity contribution in [2.75, 3.05) is 11.4 Å². The van der Waals surface area contributed by atoms with E-state index in [0.717, 1.165) is 23.2 Å². The number of nitrogens with one attached hydrogen (secondary N) is 1. The number of rotatable bonds is 1. The molecule has 2 heterocycles. The Morgan fingerprint density at radius 2 is 2.06 bits per heavy atom. The third-order valence-electron chi connectivity index (χ3n) is 2.88. The smallest absolute Gasteiger partial charge is 0.312 e. The number of benzene rings is 1. The molecule has 0 saturated carbocycles. The summed E-state index contributed by atoms with van der Waals surface area (Å²) in [5.41, 5.74) is 2.35. The fraction of sp³-hybridized carbons (Fsp3) is 0.154. The summed E-state index contributed by atoms with van der Waals surface area (Å²) >= 11 is 0. The van der Waals surface area contributed by atoms with E-state index in [2.05, 4.69) is 21.9 Å². The molecule has 2 aromatic rings. The second-order valence-electron chi connectivity index (χ2n) is 4.15. The van der Waals surface area contributed by atoms with Gasteiger partial charge in [-0.05, 0) is 12.1 Å². The minimum absolute atomic E-state index is 0.198. The standard InChI is InChI=1S/C13H12N4O/c1-9-6-7-17(13(18)15-9)12-8-14-10-4-2-3-5-11(10)16-12/h2-5,8H,1,6-7H2,(H,15,18). The quantitative estimate of drug-likeness (QED) is 0.830. The van der Waals surface area contributed by atoms with Crippen LogP contribution in [0.15, 0.2) is 42.7 Å². The first kappa shape index (κ1) is 10.7. The van der Waals surface area contributed by atoms with E-state index in [9.17, 15) is 4.79 Å². The number of para-hydroxylation sites is 2. The number of carbonyl (C=O) groups is 1. The van der Waals surface area contributed by atoms with Crippen molar-refractivity contribution in [3.8, 4) is 0 Å². The number of urea groups is 1. The molecule has 1 saturated heterocycles. The highest BCUT2D eigenvalue weighted by Gasteiger charge is 2.22. The summed E-state index contributed by atoms with van der Waals surface area (Å²) in [5.74, 6) is 0.568. The Labute approximate surface area is 104 Å². The number of carbonyl (C=O) groups excluding carboxylic acids is 1. The van der Waals surface area contributed by atoms with Crippen molar-refractivity contribution in [1.82, 2.24) is 15.3 Å². The van der Waals surface area contributed by atoms with Gasteiger partial charge in [0.1, 0.15) is 0 Å². The van der Waals surface area contributed by atoms with E-state index < -0.39 is 0 Å². The van der Waals surface area contributed by atoms with Crippen LogP contribution in [0, 0.1) is 0 Å². The van der Waals surface area contributed by atoms with E-state index in [4.69, 9.17) is 0 Å². The molecule has 3 rings (SSSR count). The van der Waals surface area contributed by atoms with E-state index in [0.29, 0.717) is 12.4 Å². The Bertz CT molecular complexity index is 638. The van der Waals surface area contributed by atoms with Gasteiger partial charge in [0.25, 0.3) is 0 Å². The summed E-state index contributed by atoms with van der Waals surface area (Å²) < 4.78 is 0. The molecule has 0 atom stereocenters. The summed E-state index contributed by atoms with van der Waals surface area (Å²) in [6.07, 6.45) is 2.34. The van der Waals surface area contributed by atoms with E-state index in [1.807, 2.05) is 24.3 Å². The number of fused-ring (bicyclic) bond motifs is 1. The van der Waals surface area contributed by atoms with Gasteiger partial charge in [0, 0.05) is 18.7 Å². The molecule has 1 aromatic heterocycles. The van der Waals surface area contributed by atoms with Crippen LogP contribution in [0.25, 0.3) is 11.0 Å². The first-order valence-corrected chi connectivity index (χ1v) is 5.72. The average Bonchev–Trinajstić information content (AvgIpc) is 2.38. The monoisotopic (exact) mass is 240 g/mol. The Morgan fingerprint density at radius 3 is 2.83 bits per heavy atom. The summed E-state index contributed by atoms with van der Waals surface area (Å²) in [7, 11) is 0. The van der Waals surface area contributed by atoms with Crippen LogP contribution in [0.4, 0.5) is 10.6 Å². The van der Waals surface area contributed by atoms with E-state index in [-0.39, 0.29) is 6.03 Å². The zero-order valence-corrected chi connectivity index (χ0v) is 9.76. The molecule has 5 nitrogen and oxygen atoms in total. The number of hydrogen-bond donors (Lipinski definition) is 1. The zero-order valence-electron chi connectivity index (χ0n) is 9.76. The molecule has 1 aliphatic heterocycles. The lowest BCUT2D eigenvalue weighted by molar-refractivity contribution is 0.246. The van der Waals surface area contributed by atoms with Crippen molar-refractivity contribution >= 4 is 22.9 Å². The Balaban J connectivity index is 1.99. The van der Waals surface area contributed by atoms with Crippen LogP contribution in [-0.4, -0.2) is 22.5 Å². The van der Waals surface area contributed by atoms with E-state index in [1.165, 1.54) is 0 Å². The SMILES string of the molecule is C=C1CCN(c2cnc3ccccc3n2)C(=O)N1. The van der Waals surface area contributed by atoms with Crippen molar-refractivity contribution in [2.24, 2.45) is 0 Å². The van der Waals surface area contributed by atoms with Crippen LogP contribution in [-0.2, 0) is 0 Å². The molecule has 1 aromatic carbocycles. The molecule has 0 aliphatic carbocycles. The highest BCUT2D eigenvalue weighted by Crippen LogP contribution is 2.18. The molecule has 5 heteroatoms. The molecule has 18 heavy (non-hydrogen) atoms. The van der Waals surface area contributed by atoms with Gasteiger partial charge in [0.05, 0.1) is 17.2 Å². The van der Waals surface area contributed by atoms with Crippen molar-refractivity contribution in [3.05, 3.63) is 42.7 Å². The fourth-order valence-electron chi connectivity index (χ4n) is 1.93. The van der Waals surface area contributed by atoms with Crippen LogP contribution in [0.3, 0.4) is 0 Å². The van der Waals surface area contributed by atoms with Crippen LogP contribution >= 0.6 is 0 Å². The van der Waals surface area contributed by atoms with Gasteiger partial charge in [0.15, 0.2) is 5.82 Å². The summed E-state index contributed by atoms with van der Waals surface area (Å²) in [4.78, 5) is 22.2. The van der Waals surface area contributed by atoms with Crippen molar-refractivity contribution in [3.63, 3.8) is 0 Å². The molecular formula is C13H12N4O. The third kappa shape index (κ3) is 1.79. The highest BCUT2D eigenvalue weighted by atomic mass is 16.2. The normalized spacial score (nSPS) is 15.9. The molecule has 2 amide bonds. The molecular weight excluding hydrogens is 228 g/mol. The Morgan fingerprint density at radius 1 is 1.28 bits per heavy atom. The molecule has 90 valence electrons. The first-order chi connectivity index (χ1) is 8.74. The van der Waals surface area contributed by atoms with Gasteiger partial charge in [-0.2, -0.15) is 0 Å². The van der Waals surface area contributed by atoms with Gasteiger partial charge in [-0.3, -0.25) is 9.88 Å². The van der Waals surface area contributed by atoms with Gasteiger partial charge < -0.3 is 5.32 Å². The lowest BCUT2D eigenvalue weighted by Crippen LogP contribution is -2.45. The molecule has 0 spiro atoms. The number of aromatic nitrogens is 2. The average molecular weight is 240 g/mol. The molecule has 0 radical (unpaired) electrons. The number of amides is 2. The fourth-order valence-corrected chi connectivity index (χ4v) is 1.93. The maximum Gasteiger partial charge on any atom is 0.327 e. The van der Waals surface area contributed by atoms with Gasteiger partial charge in [-0.1, -0.05) is 18.7 Å². The predicted octanol–water partition coefficient (Wildman–Crippen LogP) is 2.06. The van der Waals surface area contributed by atoms with E-state index >= 15 is 0 Å². The largest absolute Gasteiger partial charge is 0.327 e. The van der Waals surface area contributed by atoms with Gasteiger partial charge in [0.2, 0.25) is 0 Å². The second-order valence-corrected chi connectivity index (χ2v) is 4.15. The van der Waals surface area contributed by atoms with E-state index in [1.54, 1.807) is 11.1 Å². The second kappa shape index (κ2) is 4.10. The number of hydrogen-bond acceptors (Lipinski definition) is 3. The van der Waals surface area contributed by atoms with Crippen LogP contribution in [0.1, 0.15) is 6.42 Å². The zero-order chi connectivity index (χ0) is 12.5. The minimum atomic E-state index is -0.198. The summed E-state index contributed by atoms with van der Waals surface area (Å²) in [5, 5.41) is 2.70. The summed E-state index contributed by atoms with van der Waals surface area (Å²) in [6, 6.07) is 7.39. The highest BCUT2D eigenvalue weighted by molar-refractivity contribution is 5.93. The van der Waals surface area contributed by atoms with Crippen LogP contribution < -0.4 is 10.2 Å². The third-order valence-corrected chi connectivity index (χ3v) is 2.88. The minimum Gasteiger partial charge on any atom is -0.312 e. The molecule has 1 fully saturated rings. The van der Waals surface area contributed by atoms with Crippen LogP contribution in [0.2, 0.25) is 0 Å². The lowest BCUT2D eigenvalue weighted by atomic mass is 10.2. The van der Waals surface area contributed by atoms with Crippen molar-refractivity contribution < 1.29 is 4.79 Å². The molecule has 0 unspecified atom stereocenters. The summed E-state index contributed by atoms with van der Waals surface area (Å²) in [6.45, 7) is 4.33. The van der Waals surface area contributed by atoms with Gasteiger partial charge in [-0.15, -0.1) is 0 Å². The maximum absolute atomic E-state index is 11.8. The maximum atomic E-state index is 11.8. The molecule has 1 aliphatic rings. The number of anilines is 1. The first-order valence-electron chi connectivity index (χ1n) is 5.72. The van der Waals surface area contributed by atoms with Crippen molar-refractivity contribution in [2.45, 2.75) is 6.42 Å². The topological polar surface area (TPSA) is 58.1 Å². The molecule has 0 bridgehead atoms. The number of nitrogens with zero attached hydrogens (tertiary/aromatic N) is 3. The lowest BCUT2D eigenvalue weighted by Gasteiger charge is -2.27.